The van der Waals surface area contributed by atoms with Crippen LogP contribution in [0.1, 0.15) is 0 Å². The number of halogens is 1. The maximum atomic E-state index is 5.93. The number of anilines is 1. The minimum atomic E-state index is 0.721. The number of imidazole rings is 1. The molecule has 8 heteroatoms. The Hall–Kier alpha value is -2.38. The van der Waals surface area contributed by atoms with Crippen LogP contribution in [0.5, 0.6) is 0 Å². The van der Waals surface area contributed by atoms with Gasteiger partial charge in [-0.2, -0.15) is 5.10 Å². The van der Waals surface area contributed by atoms with Gasteiger partial charge in [-0.3, -0.25) is 4.68 Å². The van der Waals surface area contributed by atoms with Crippen molar-refractivity contribution in [2.75, 3.05) is 18.5 Å². The first kappa shape index (κ1) is 15.2. The number of rotatable bonds is 5. The zero-order chi connectivity index (χ0) is 16.5. The fourth-order valence-electron chi connectivity index (χ4n) is 2.38. The Morgan fingerprint density at radius 3 is 2.79 bits per heavy atom. The molecule has 0 N–H and O–H groups in total. The van der Waals surface area contributed by atoms with Crippen LogP contribution in [0, 0.1) is 0 Å². The van der Waals surface area contributed by atoms with Gasteiger partial charge >= 0.3 is 0 Å². The van der Waals surface area contributed by atoms with E-state index in [0.717, 1.165) is 39.5 Å². The summed E-state index contributed by atoms with van der Waals surface area (Å²) in [6.07, 6.45) is 5.69. The van der Waals surface area contributed by atoms with Crippen LogP contribution in [0.3, 0.4) is 0 Å². The summed E-state index contributed by atoms with van der Waals surface area (Å²) in [5, 5.41) is 10.5. The molecule has 3 heterocycles. The lowest BCUT2D eigenvalue weighted by Crippen LogP contribution is -2.22. The van der Waals surface area contributed by atoms with Crippen LogP contribution in [0.15, 0.2) is 48.9 Å². The average Bonchev–Trinajstić information content (AvgIpc) is 3.29. The van der Waals surface area contributed by atoms with Crippen LogP contribution in [-0.2, 0) is 6.54 Å². The van der Waals surface area contributed by atoms with Gasteiger partial charge in [0.15, 0.2) is 0 Å². The summed E-state index contributed by atoms with van der Waals surface area (Å²) in [4.78, 5) is 7.65. The van der Waals surface area contributed by atoms with E-state index in [0.29, 0.717) is 0 Å². The molecule has 122 valence electrons. The summed E-state index contributed by atoms with van der Waals surface area (Å²) < 4.78 is 3.74. The lowest BCUT2D eigenvalue weighted by Gasteiger charge is -2.14. The van der Waals surface area contributed by atoms with E-state index < -0.39 is 0 Å². The van der Waals surface area contributed by atoms with Gasteiger partial charge in [0.25, 0.3) is 0 Å². The number of hydrogen-bond acceptors (Lipinski definition) is 5. The van der Waals surface area contributed by atoms with Crippen LogP contribution in [0.4, 0.5) is 5.13 Å². The largest absolute Gasteiger partial charge is 0.348 e. The molecule has 0 aliphatic rings. The first-order valence-corrected chi connectivity index (χ1v) is 8.69. The minimum Gasteiger partial charge on any atom is -0.348 e. The Morgan fingerprint density at radius 1 is 1.25 bits per heavy atom. The molecule has 0 spiro atoms. The van der Waals surface area contributed by atoms with Crippen molar-refractivity contribution in [2.45, 2.75) is 6.54 Å². The third-order valence-electron chi connectivity index (χ3n) is 3.72. The lowest BCUT2D eigenvalue weighted by atomic mass is 10.2. The predicted octanol–water partition coefficient (Wildman–Crippen LogP) is 3.44. The second kappa shape index (κ2) is 6.26. The predicted molar refractivity (Wildman–Crippen MR) is 96.8 cm³/mol. The van der Waals surface area contributed by atoms with Crippen LogP contribution in [0.25, 0.3) is 16.2 Å². The van der Waals surface area contributed by atoms with E-state index in [1.807, 2.05) is 59.0 Å². The van der Waals surface area contributed by atoms with Gasteiger partial charge in [0.2, 0.25) is 10.1 Å². The molecule has 4 aromatic rings. The molecule has 0 radical (unpaired) electrons. The number of likely N-dealkylation sites (N-methyl/N-ethyl adjacent to an activating group) is 1. The summed E-state index contributed by atoms with van der Waals surface area (Å²) in [5.74, 6) is 0. The molecule has 0 aliphatic heterocycles. The fraction of sp³-hybridized carbons (Fsp3) is 0.188. The van der Waals surface area contributed by atoms with Crippen molar-refractivity contribution >= 4 is 33.0 Å². The number of aromatic nitrogens is 5. The SMILES string of the molecule is CN(CCn1cccn1)c1nn2cc(-c3ccc(Cl)cc3)nc2s1. The molecular weight excluding hydrogens is 344 g/mol. The first-order valence-electron chi connectivity index (χ1n) is 7.50. The fourth-order valence-corrected chi connectivity index (χ4v) is 3.38. The highest BCUT2D eigenvalue weighted by Gasteiger charge is 2.12. The molecule has 4 rings (SSSR count). The van der Waals surface area contributed by atoms with E-state index in [1.54, 1.807) is 17.5 Å². The van der Waals surface area contributed by atoms with Gasteiger partial charge in [-0.25, -0.2) is 9.50 Å². The summed E-state index contributed by atoms with van der Waals surface area (Å²) in [5.41, 5.74) is 1.93. The van der Waals surface area contributed by atoms with E-state index in [4.69, 9.17) is 11.6 Å². The molecule has 3 aromatic heterocycles. The molecular formula is C16H15ClN6S. The topological polar surface area (TPSA) is 51.2 Å². The molecule has 0 saturated heterocycles. The Labute approximate surface area is 147 Å². The maximum absolute atomic E-state index is 5.93. The lowest BCUT2D eigenvalue weighted by molar-refractivity contribution is 0.610. The second-order valence-electron chi connectivity index (χ2n) is 5.44. The summed E-state index contributed by atoms with van der Waals surface area (Å²) in [6.45, 7) is 1.66. The van der Waals surface area contributed by atoms with Gasteiger partial charge < -0.3 is 4.90 Å². The highest BCUT2D eigenvalue weighted by Crippen LogP contribution is 2.26. The zero-order valence-corrected chi connectivity index (χ0v) is 14.6. The molecule has 0 aliphatic carbocycles. The third kappa shape index (κ3) is 3.00. The van der Waals surface area contributed by atoms with E-state index >= 15 is 0 Å². The first-order chi connectivity index (χ1) is 11.7. The third-order valence-corrected chi connectivity index (χ3v) is 5.01. The quantitative estimate of drug-likeness (QED) is 0.548. The molecule has 0 fully saturated rings. The average molecular weight is 359 g/mol. The van der Waals surface area contributed by atoms with Crippen molar-refractivity contribution in [3.05, 3.63) is 53.9 Å². The Kier molecular flexibility index (Phi) is 3.95. The van der Waals surface area contributed by atoms with Crippen molar-refractivity contribution in [1.82, 2.24) is 24.4 Å². The van der Waals surface area contributed by atoms with Crippen LogP contribution >= 0.6 is 22.9 Å². The van der Waals surface area contributed by atoms with Crippen LogP contribution < -0.4 is 4.90 Å². The molecule has 0 amide bonds. The van der Waals surface area contributed by atoms with Gasteiger partial charge in [-0.1, -0.05) is 35.1 Å². The van der Waals surface area contributed by atoms with E-state index in [9.17, 15) is 0 Å². The molecule has 0 atom stereocenters. The maximum Gasteiger partial charge on any atom is 0.214 e. The number of nitrogens with zero attached hydrogens (tertiary/aromatic N) is 6. The van der Waals surface area contributed by atoms with Crippen molar-refractivity contribution in [1.29, 1.82) is 0 Å². The van der Waals surface area contributed by atoms with Gasteiger partial charge in [0.1, 0.15) is 0 Å². The molecule has 0 bridgehead atoms. The molecule has 24 heavy (non-hydrogen) atoms. The molecule has 6 nitrogen and oxygen atoms in total. The minimum absolute atomic E-state index is 0.721. The van der Waals surface area contributed by atoms with E-state index in [-0.39, 0.29) is 0 Å². The van der Waals surface area contributed by atoms with E-state index in [1.165, 1.54) is 0 Å². The molecule has 0 saturated carbocycles. The smallest absolute Gasteiger partial charge is 0.214 e. The highest BCUT2D eigenvalue weighted by molar-refractivity contribution is 7.20. The van der Waals surface area contributed by atoms with Gasteiger partial charge in [0.05, 0.1) is 18.4 Å². The molecule has 1 aromatic carbocycles. The summed E-state index contributed by atoms with van der Waals surface area (Å²) >= 11 is 7.50. The Bertz CT molecular complexity index is 909. The van der Waals surface area contributed by atoms with Crippen LogP contribution in [-0.4, -0.2) is 38.0 Å². The van der Waals surface area contributed by atoms with Crippen molar-refractivity contribution in [3.8, 4) is 11.3 Å². The van der Waals surface area contributed by atoms with Crippen molar-refractivity contribution in [3.63, 3.8) is 0 Å². The van der Waals surface area contributed by atoms with Crippen molar-refractivity contribution in [2.24, 2.45) is 0 Å². The zero-order valence-electron chi connectivity index (χ0n) is 13.0. The molecule has 0 unspecified atom stereocenters. The Morgan fingerprint density at radius 2 is 2.08 bits per heavy atom. The van der Waals surface area contributed by atoms with Gasteiger partial charge in [-0.15, -0.1) is 5.10 Å². The normalized spacial score (nSPS) is 11.2. The number of fused-ring (bicyclic) bond motifs is 1. The monoisotopic (exact) mass is 358 g/mol. The summed E-state index contributed by atoms with van der Waals surface area (Å²) in [7, 11) is 2.03. The number of benzene rings is 1. The van der Waals surface area contributed by atoms with Crippen LogP contribution in [0.2, 0.25) is 5.02 Å². The van der Waals surface area contributed by atoms with Crippen molar-refractivity contribution < 1.29 is 0 Å². The highest BCUT2D eigenvalue weighted by atomic mass is 35.5. The summed E-state index contributed by atoms with van der Waals surface area (Å²) in [6, 6.07) is 9.59. The standard InChI is InChI=1S/C16H15ClN6S/c1-21(9-10-22-8-2-7-18-22)16-20-23-11-14(19-15(23)24-16)12-3-5-13(17)6-4-12/h2-8,11H,9-10H2,1H3. The number of hydrogen-bond donors (Lipinski definition) is 0. The van der Waals surface area contributed by atoms with E-state index in [2.05, 4.69) is 20.1 Å². The Balaban J connectivity index is 1.51. The van der Waals surface area contributed by atoms with Gasteiger partial charge in [-0.05, 0) is 18.2 Å². The van der Waals surface area contributed by atoms with Gasteiger partial charge in [0, 0.05) is 36.6 Å². The second-order valence-corrected chi connectivity index (χ2v) is 6.81.